The maximum absolute atomic E-state index is 12.5. The second kappa shape index (κ2) is 10.7. The number of carbonyl (C=O) groups is 1. The molecule has 0 fully saturated rings. The minimum Gasteiger partial charge on any atom is -0.483 e. The highest BCUT2D eigenvalue weighted by atomic mass is 16.5. The molecule has 1 amide bonds. The summed E-state index contributed by atoms with van der Waals surface area (Å²) in [5.41, 5.74) is 5.12. The smallest absolute Gasteiger partial charge is 0.339 e. The van der Waals surface area contributed by atoms with E-state index in [2.05, 4.69) is 18.3 Å². The predicted octanol–water partition coefficient (Wildman–Crippen LogP) is 6.12. The van der Waals surface area contributed by atoms with E-state index < -0.39 is 0 Å². The Morgan fingerprint density at radius 2 is 1.85 bits per heavy atom. The van der Waals surface area contributed by atoms with Crippen LogP contribution in [0.1, 0.15) is 67.7 Å². The topological polar surface area (TPSA) is 68.5 Å². The summed E-state index contributed by atoms with van der Waals surface area (Å²) in [6.07, 6.45) is 9.29. The highest BCUT2D eigenvalue weighted by Gasteiger charge is 2.20. The Hall–Kier alpha value is -3.08. The number of hydrogen-bond acceptors (Lipinski definition) is 4. The van der Waals surface area contributed by atoms with Gasteiger partial charge in [-0.05, 0) is 74.3 Å². The number of carbonyl (C=O) groups excluding carboxylic acids is 1. The van der Waals surface area contributed by atoms with Gasteiger partial charge in [-0.2, -0.15) is 0 Å². The van der Waals surface area contributed by atoms with Gasteiger partial charge in [-0.3, -0.25) is 4.79 Å². The molecule has 0 aliphatic heterocycles. The first-order valence-electron chi connectivity index (χ1n) is 12.2. The van der Waals surface area contributed by atoms with Crippen LogP contribution in [-0.4, -0.2) is 12.5 Å². The number of benzene rings is 2. The molecule has 174 valence electrons. The molecule has 33 heavy (non-hydrogen) atoms. The molecule has 0 unspecified atom stereocenters. The van der Waals surface area contributed by atoms with Crippen LogP contribution in [0.4, 0.5) is 5.69 Å². The van der Waals surface area contributed by atoms with Crippen LogP contribution in [0.3, 0.4) is 0 Å². The number of hydrogen-bond donors (Lipinski definition) is 1. The van der Waals surface area contributed by atoms with Crippen LogP contribution in [-0.2, 0) is 24.1 Å². The van der Waals surface area contributed by atoms with E-state index in [1.54, 1.807) is 0 Å². The lowest BCUT2D eigenvalue weighted by Gasteiger charge is -2.18. The molecule has 0 atom stereocenters. The number of rotatable bonds is 9. The maximum Gasteiger partial charge on any atom is 0.339 e. The van der Waals surface area contributed by atoms with Crippen molar-refractivity contribution in [3.8, 4) is 5.75 Å². The third-order valence-electron chi connectivity index (χ3n) is 6.48. The van der Waals surface area contributed by atoms with Crippen molar-refractivity contribution in [3.63, 3.8) is 0 Å². The van der Waals surface area contributed by atoms with Gasteiger partial charge in [0.05, 0.1) is 0 Å². The molecule has 0 radical (unpaired) electrons. The quantitative estimate of drug-likeness (QED) is 0.317. The summed E-state index contributed by atoms with van der Waals surface area (Å²) in [5.74, 6) is 0.408. The summed E-state index contributed by atoms with van der Waals surface area (Å²) in [6, 6.07) is 11.6. The van der Waals surface area contributed by atoms with Crippen LogP contribution >= 0.6 is 0 Å². The van der Waals surface area contributed by atoms with E-state index >= 15 is 0 Å². The van der Waals surface area contributed by atoms with Crippen LogP contribution in [0.2, 0.25) is 0 Å². The predicted molar refractivity (Wildman–Crippen MR) is 132 cm³/mol. The molecule has 1 N–H and O–H groups in total. The minimum absolute atomic E-state index is 0.100. The zero-order valence-corrected chi connectivity index (χ0v) is 19.7. The summed E-state index contributed by atoms with van der Waals surface area (Å²) in [5, 5.41) is 3.93. The van der Waals surface area contributed by atoms with E-state index in [-0.39, 0.29) is 18.1 Å². The number of para-hydroxylation sites is 1. The van der Waals surface area contributed by atoms with Gasteiger partial charge in [-0.25, -0.2) is 4.79 Å². The second-order valence-electron chi connectivity index (χ2n) is 8.97. The van der Waals surface area contributed by atoms with E-state index in [4.69, 9.17) is 9.15 Å². The average molecular weight is 448 g/mol. The summed E-state index contributed by atoms with van der Waals surface area (Å²) in [4.78, 5) is 25.1. The van der Waals surface area contributed by atoms with Crippen LogP contribution in [0.15, 0.2) is 45.6 Å². The Bertz CT molecular complexity index is 1190. The highest BCUT2D eigenvalue weighted by molar-refractivity contribution is 5.92. The van der Waals surface area contributed by atoms with Gasteiger partial charge < -0.3 is 14.5 Å². The van der Waals surface area contributed by atoms with Crippen LogP contribution < -0.4 is 15.7 Å². The monoisotopic (exact) mass is 447 g/mol. The lowest BCUT2D eigenvalue weighted by Crippen LogP contribution is -2.21. The van der Waals surface area contributed by atoms with Crippen molar-refractivity contribution >= 4 is 22.6 Å². The molecular formula is C28H33NO4. The number of ether oxygens (including phenoxy) is 1. The molecule has 5 nitrogen and oxygen atoms in total. The van der Waals surface area contributed by atoms with Gasteiger partial charge in [0.15, 0.2) is 6.61 Å². The van der Waals surface area contributed by atoms with E-state index in [0.717, 1.165) is 78.3 Å². The fourth-order valence-electron chi connectivity index (χ4n) is 4.63. The second-order valence-corrected chi connectivity index (χ2v) is 8.97. The fraction of sp³-hybridized carbons (Fsp3) is 0.429. The molecule has 0 saturated carbocycles. The van der Waals surface area contributed by atoms with E-state index in [9.17, 15) is 9.59 Å². The highest BCUT2D eigenvalue weighted by Crippen LogP contribution is 2.33. The van der Waals surface area contributed by atoms with Gasteiger partial charge in [0.25, 0.3) is 5.91 Å². The van der Waals surface area contributed by atoms with Crippen molar-refractivity contribution in [2.75, 3.05) is 11.9 Å². The summed E-state index contributed by atoms with van der Waals surface area (Å²) < 4.78 is 11.7. The first-order valence-corrected chi connectivity index (χ1v) is 12.2. The molecule has 1 heterocycles. The lowest BCUT2D eigenvalue weighted by molar-refractivity contribution is -0.118. The van der Waals surface area contributed by atoms with Crippen molar-refractivity contribution < 1.29 is 13.9 Å². The number of fused-ring (bicyclic) bond motifs is 3. The first-order chi connectivity index (χ1) is 16.1. The molecule has 1 aromatic heterocycles. The van der Waals surface area contributed by atoms with Gasteiger partial charge in [0, 0.05) is 22.7 Å². The molecule has 0 saturated heterocycles. The molecular weight excluding hydrogens is 414 g/mol. The van der Waals surface area contributed by atoms with E-state index in [1.165, 1.54) is 12.8 Å². The van der Waals surface area contributed by atoms with Crippen molar-refractivity contribution in [2.24, 2.45) is 0 Å². The number of amides is 1. The van der Waals surface area contributed by atoms with Gasteiger partial charge in [0.2, 0.25) is 0 Å². The largest absolute Gasteiger partial charge is 0.483 e. The standard InChI is InChI=1S/C28H33NO4/c1-3-4-5-6-12-20-16-23-21-13-8-9-14-22(21)28(31)33-26(23)17-25(20)32-18-27(30)29-24-15-10-7-11-19(24)2/h7,10-11,15-17H,3-6,8-9,12-14,18H2,1-2H3,(H,29,30). The zero-order valence-electron chi connectivity index (χ0n) is 19.7. The van der Waals surface area contributed by atoms with Gasteiger partial charge >= 0.3 is 5.63 Å². The fourth-order valence-corrected chi connectivity index (χ4v) is 4.63. The Morgan fingerprint density at radius 3 is 2.64 bits per heavy atom. The molecule has 0 bridgehead atoms. The molecule has 0 spiro atoms. The van der Waals surface area contributed by atoms with E-state index in [0.29, 0.717) is 11.3 Å². The van der Waals surface area contributed by atoms with Crippen molar-refractivity contribution in [3.05, 3.63) is 69.1 Å². The van der Waals surface area contributed by atoms with Crippen molar-refractivity contribution in [2.45, 2.75) is 71.6 Å². The molecule has 2 aromatic carbocycles. The Morgan fingerprint density at radius 1 is 1.06 bits per heavy atom. The SMILES string of the molecule is CCCCCCc1cc2c3c(c(=O)oc2cc1OCC(=O)Nc1ccccc1C)CCCC3. The maximum atomic E-state index is 12.5. The van der Waals surface area contributed by atoms with Crippen LogP contribution in [0, 0.1) is 6.92 Å². The molecule has 3 aromatic rings. The zero-order chi connectivity index (χ0) is 23.2. The van der Waals surface area contributed by atoms with Gasteiger partial charge in [-0.15, -0.1) is 0 Å². The van der Waals surface area contributed by atoms with Crippen molar-refractivity contribution in [1.82, 2.24) is 0 Å². The molecule has 5 heteroatoms. The average Bonchev–Trinajstić information content (AvgIpc) is 2.82. The van der Waals surface area contributed by atoms with Crippen LogP contribution in [0.25, 0.3) is 11.0 Å². The van der Waals surface area contributed by atoms with Crippen LogP contribution in [0.5, 0.6) is 5.75 Å². The van der Waals surface area contributed by atoms with Gasteiger partial charge in [-0.1, -0.05) is 44.4 Å². The normalized spacial score (nSPS) is 13.0. The molecule has 1 aliphatic carbocycles. The molecule has 1 aliphatic rings. The number of nitrogens with one attached hydrogen (secondary N) is 1. The third-order valence-corrected chi connectivity index (χ3v) is 6.48. The first kappa shape index (κ1) is 23.1. The minimum atomic E-state index is -0.240. The van der Waals surface area contributed by atoms with Gasteiger partial charge in [0.1, 0.15) is 11.3 Å². The summed E-state index contributed by atoms with van der Waals surface area (Å²) in [6.45, 7) is 4.06. The Labute approximate surface area is 195 Å². The number of unbranched alkanes of at least 4 members (excludes halogenated alkanes) is 3. The third kappa shape index (κ3) is 5.47. The summed E-state index contributed by atoms with van der Waals surface area (Å²) >= 11 is 0. The Kier molecular flexibility index (Phi) is 7.48. The Balaban J connectivity index is 1.60. The molecule has 4 rings (SSSR count). The lowest BCUT2D eigenvalue weighted by atomic mass is 9.89. The summed E-state index contributed by atoms with van der Waals surface area (Å²) in [7, 11) is 0. The number of aryl methyl sites for hydroxylation is 3. The number of anilines is 1. The van der Waals surface area contributed by atoms with E-state index in [1.807, 2.05) is 37.3 Å². The van der Waals surface area contributed by atoms with Crippen molar-refractivity contribution in [1.29, 1.82) is 0 Å².